The monoisotopic (exact) mass is 371 g/mol. The lowest BCUT2D eigenvalue weighted by molar-refractivity contribution is 0.0767. The van der Waals surface area contributed by atoms with E-state index in [2.05, 4.69) is 37.2 Å². The van der Waals surface area contributed by atoms with E-state index in [-0.39, 0.29) is 0 Å². The van der Waals surface area contributed by atoms with Crippen LogP contribution >= 0.6 is 0 Å². The van der Waals surface area contributed by atoms with Gasteiger partial charge in [-0.1, -0.05) is 0 Å². The largest absolute Gasteiger partial charge is 0.378 e. The zero-order valence-corrected chi connectivity index (χ0v) is 16.0. The second kappa shape index (κ2) is 7.28. The number of nitrogens with one attached hydrogen (secondary N) is 1. The fraction of sp³-hybridized carbons (Fsp3) is 0.700. The highest BCUT2D eigenvalue weighted by atomic mass is 16.5. The van der Waals surface area contributed by atoms with Crippen LogP contribution in [0.3, 0.4) is 0 Å². The number of rotatable bonds is 3. The highest BCUT2D eigenvalue weighted by Crippen LogP contribution is 2.47. The molecule has 4 saturated heterocycles. The van der Waals surface area contributed by atoms with Crippen LogP contribution in [0.5, 0.6) is 0 Å². The van der Waals surface area contributed by atoms with Crippen molar-refractivity contribution in [1.82, 2.24) is 15.2 Å². The predicted octanol–water partition coefficient (Wildman–Crippen LogP) is 1.10. The minimum absolute atomic E-state index is 0.486. The number of hydrogen-bond donors (Lipinski definition) is 1. The molecule has 4 unspecified atom stereocenters. The van der Waals surface area contributed by atoms with Gasteiger partial charge < -0.3 is 24.6 Å². The van der Waals surface area contributed by atoms with E-state index in [0.717, 1.165) is 57.7 Å². The fourth-order valence-corrected chi connectivity index (χ4v) is 5.18. The maximum atomic E-state index is 6.09. The van der Waals surface area contributed by atoms with Gasteiger partial charge in [0.25, 0.3) is 0 Å². The number of aliphatic imine (C=N–C) groups is 1. The fourth-order valence-electron chi connectivity index (χ4n) is 5.18. The van der Waals surface area contributed by atoms with E-state index >= 15 is 0 Å². The molecular weight excluding hydrogens is 342 g/mol. The summed E-state index contributed by atoms with van der Waals surface area (Å²) in [6.07, 6.45) is 5.36. The first-order chi connectivity index (χ1) is 13.3. The first-order valence-electron chi connectivity index (χ1n) is 10.2. The van der Waals surface area contributed by atoms with Crippen LogP contribution in [-0.4, -0.2) is 74.5 Å². The van der Waals surface area contributed by atoms with Gasteiger partial charge in [0.2, 0.25) is 0 Å². The maximum absolute atomic E-state index is 6.09. The number of likely N-dealkylation sites (tertiary alicyclic amines) is 1. The lowest BCUT2D eigenvalue weighted by atomic mass is 9.82. The van der Waals surface area contributed by atoms with Crippen LogP contribution in [0.4, 0.5) is 5.82 Å². The van der Waals surface area contributed by atoms with E-state index in [1.807, 2.05) is 13.2 Å². The Hall–Kier alpha value is -1.86. The third kappa shape index (κ3) is 3.27. The van der Waals surface area contributed by atoms with Gasteiger partial charge in [0.05, 0.1) is 25.4 Å². The minimum Gasteiger partial charge on any atom is -0.378 e. The number of morpholine rings is 1. The van der Waals surface area contributed by atoms with Crippen molar-refractivity contribution in [3.63, 3.8) is 0 Å². The number of guanidine groups is 1. The van der Waals surface area contributed by atoms with Gasteiger partial charge in [-0.05, 0) is 30.5 Å². The van der Waals surface area contributed by atoms with Crippen LogP contribution in [0.15, 0.2) is 23.3 Å². The van der Waals surface area contributed by atoms with Gasteiger partial charge in [0.1, 0.15) is 5.82 Å². The van der Waals surface area contributed by atoms with Crippen LogP contribution in [0.2, 0.25) is 0 Å². The van der Waals surface area contributed by atoms with Gasteiger partial charge in [-0.15, -0.1) is 0 Å². The summed E-state index contributed by atoms with van der Waals surface area (Å²) in [4.78, 5) is 13.8. The van der Waals surface area contributed by atoms with E-state index in [4.69, 9.17) is 9.47 Å². The Morgan fingerprint density at radius 3 is 2.67 bits per heavy atom. The first kappa shape index (κ1) is 17.3. The van der Waals surface area contributed by atoms with Crippen LogP contribution < -0.4 is 10.2 Å². The zero-order chi connectivity index (χ0) is 18.2. The Bertz CT molecular complexity index is 687. The number of fused-ring (bicyclic) bond motifs is 5. The predicted molar refractivity (Wildman–Crippen MR) is 104 cm³/mol. The zero-order valence-electron chi connectivity index (χ0n) is 16.0. The Balaban J connectivity index is 1.20. The van der Waals surface area contributed by atoms with Gasteiger partial charge in [-0.2, -0.15) is 0 Å². The highest BCUT2D eigenvalue weighted by molar-refractivity contribution is 5.80. The van der Waals surface area contributed by atoms with Crippen molar-refractivity contribution >= 4 is 11.8 Å². The normalized spacial score (nSPS) is 32.9. The standard InChI is InChI=1S/C20H29N5O2/c1-21-20(25-12-15-16(13-25)18-3-2-17(15)27-18)23-11-14-4-5-22-19(10-14)24-6-8-26-9-7-24/h4-5,10,15-18H,2-3,6-9,11-13H2,1H3,(H,21,23). The smallest absolute Gasteiger partial charge is 0.193 e. The molecule has 4 fully saturated rings. The summed E-state index contributed by atoms with van der Waals surface area (Å²) in [6.45, 7) is 6.28. The van der Waals surface area contributed by atoms with E-state index < -0.39 is 0 Å². The van der Waals surface area contributed by atoms with E-state index in [1.54, 1.807) is 0 Å². The molecule has 0 aliphatic carbocycles. The molecule has 7 heteroatoms. The van der Waals surface area contributed by atoms with Crippen LogP contribution in [0.1, 0.15) is 18.4 Å². The van der Waals surface area contributed by atoms with Crippen LogP contribution in [0, 0.1) is 11.8 Å². The lowest BCUT2D eigenvalue weighted by Crippen LogP contribution is -2.41. The van der Waals surface area contributed by atoms with Crippen LogP contribution in [-0.2, 0) is 16.0 Å². The molecule has 5 rings (SSSR count). The molecule has 0 spiro atoms. The van der Waals surface area contributed by atoms with E-state index in [1.165, 1.54) is 18.4 Å². The van der Waals surface area contributed by atoms with E-state index in [9.17, 15) is 0 Å². The van der Waals surface area contributed by atoms with E-state index in [0.29, 0.717) is 24.0 Å². The lowest BCUT2D eigenvalue weighted by Gasteiger charge is -2.28. The average Bonchev–Trinajstić information content (AvgIpc) is 3.43. The van der Waals surface area contributed by atoms with Crippen molar-refractivity contribution in [3.8, 4) is 0 Å². The molecule has 1 N–H and O–H groups in total. The second-order valence-electron chi connectivity index (χ2n) is 8.05. The van der Waals surface area contributed by atoms with Crippen molar-refractivity contribution < 1.29 is 9.47 Å². The minimum atomic E-state index is 0.486. The van der Waals surface area contributed by atoms with Crippen molar-refractivity contribution in [1.29, 1.82) is 0 Å². The molecule has 4 aliphatic rings. The molecule has 2 bridgehead atoms. The van der Waals surface area contributed by atoms with Gasteiger partial charge in [0, 0.05) is 57.8 Å². The molecule has 5 heterocycles. The second-order valence-corrected chi connectivity index (χ2v) is 8.05. The number of pyridine rings is 1. The van der Waals surface area contributed by atoms with Gasteiger partial charge in [0.15, 0.2) is 5.96 Å². The molecule has 7 nitrogen and oxygen atoms in total. The van der Waals surface area contributed by atoms with Crippen LogP contribution in [0.25, 0.3) is 0 Å². The molecule has 1 aromatic heterocycles. The number of anilines is 1. The Morgan fingerprint density at radius 2 is 1.96 bits per heavy atom. The summed E-state index contributed by atoms with van der Waals surface area (Å²) in [5, 5.41) is 3.56. The Kier molecular flexibility index (Phi) is 4.65. The average molecular weight is 371 g/mol. The molecule has 0 saturated carbocycles. The summed E-state index contributed by atoms with van der Waals surface area (Å²) >= 11 is 0. The molecule has 4 atom stereocenters. The summed E-state index contributed by atoms with van der Waals surface area (Å²) in [7, 11) is 1.88. The number of ether oxygens (including phenoxy) is 2. The van der Waals surface area contributed by atoms with Gasteiger partial charge >= 0.3 is 0 Å². The summed E-state index contributed by atoms with van der Waals surface area (Å²) in [5.41, 5.74) is 1.23. The molecular formula is C20H29N5O2. The first-order valence-corrected chi connectivity index (χ1v) is 10.2. The molecule has 146 valence electrons. The SMILES string of the molecule is CN=C(NCc1ccnc(N2CCOCC2)c1)N1CC2C3CCC(O3)C2C1. The van der Waals surface area contributed by atoms with Gasteiger partial charge in [-0.3, -0.25) is 4.99 Å². The highest BCUT2D eigenvalue weighted by Gasteiger charge is 2.53. The third-order valence-corrected chi connectivity index (χ3v) is 6.56. The molecule has 0 radical (unpaired) electrons. The topological polar surface area (TPSA) is 62.2 Å². The Labute approximate surface area is 160 Å². The Morgan fingerprint density at radius 1 is 1.22 bits per heavy atom. The molecule has 4 aliphatic heterocycles. The van der Waals surface area contributed by atoms with Crippen molar-refractivity contribution in [3.05, 3.63) is 23.9 Å². The summed E-state index contributed by atoms with van der Waals surface area (Å²) in [5.74, 6) is 3.43. The third-order valence-electron chi connectivity index (χ3n) is 6.56. The summed E-state index contributed by atoms with van der Waals surface area (Å²) in [6, 6.07) is 4.26. The van der Waals surface area contributed by atoms with Crippen molar-refractivity contribution in [2.45, 2.75) is 31.6 Å². The number of aromatic nitrogens is 1. The molecule has 0 aromatic carbocycles. The number of hydrogen-bond acceptors (Lipinski definition) is 5. The van der Waals surface area contributed by atoms with Crippen molar-refractivity contribution in [2.24, 2.45) is 16.8 Å². The molecule has 0 amide bonds. The number of nitrogens with zero attached hydrogens (tertiary/aromatic N) is 4. The summed E-state index contributed by atoms with van der Waals surface area (Å²) < 4.78 is 11.5. The quantitative estimate of drug-likeness (QED) is 0.634. The molecule has 27 heavy (non-hydrogen) atoms. The molecule has 1 aromatic rings. The van der Waals surface area contributed by atoms with Crippen molar-refractivity contribution in [2.75, 3.05) is 51.3 Å². The van der Waals surface area contributed by atoms with Gasteiger partial charge in [-0.25, -0.2) is 4.98 Å². The maximum Gasteiger partial charge on any atom is 0.193 e.